The summed E-state index contributed by atoms with van der Waals surface area (Å²) in [5, 5.41) is 1.29. The molecule has 0 spiro atoms. The van der Waals surface area contributed by atoms with Crippen LogP contribution in [-0.2, 0) is 24.1 Å². The van der Waals surface area contributed by atoms with Gasteiger partial charge in [-0.1, -0.05) is 36.9 Å². The molecule has 0 radical (unpaired) electrons. The van der Waals surface area contributed by atoms with Crippen LogP contribution in [0, 0.1) is 5.92 Å². The third-order valence-corrected chi connectivity index (χ3v) is 7.67. The fourth-order valence-corrected chi connectivity index (χ4v) is 6.38. The van der Waals surface area contributed by atoms with Crippen LogP contribution in [0.4, 0.5) is 5.69 Å². The van der Waals surface area contributed by atoms with Crippen molar-refractivity contribution in [3.63, 3.8) is 0 Å². The lowest BCUT2D eigenvalue weighted by atomic mass is 9.89. The number of nitrogens with one attached hydrogen (secondary N) is 1. The van der Waals surface area contributed by atoms with Crippen LogP contribution in [0.5, 0.6) is 0 Å². The summed E-state index contributed by atoms with van der Waals surface area (Å²) in [7, 11) is 0. The molecule has 144 valence electrons. The van der Waals surface area contributed by atoms with Crippen molar-refractivity contribution in [1.29, 1.82) is 0 Å². The van der Waals surface area contributed by atoms with E-state index in [2.05, 4.69) is 23.0 Å². The van der Waals surface area contributed by atoms with Gasteiger partial charge >= 0.3 is 0 Å². The molecular weight excluding hydrogens is 390 g/mol. The van der Waals surface area contributed by atoms with Gasteiger partial charge in [0.25, 0.3) is 5.56 Å². The van der Waals surface area contributed by atoms with Gasteiger partial charge in [-0.3, -0.25) is 9.59 Å². The van der Waals surface area contributed by atoms with Gasteiger partial charge < -0.3 is 9.88 Å². The number of carbonyl (C=O) groups is 1. The molecular formula is C21H21N3O2S2. The molecule has 0 saturated heterocycles. The van der Waals surface area contributed by atoms with Crippen LogP contribution in [0.15, 0.2) is 34.2 Å². The van der Waals surface area contributed by atoms with Gasteiger partial charge in [-0.05, 0) is 48.8 Å². The molecule has 3 heterocycles. The summed E-state index contributed by atoms with van der Waals surface area (Å²) < 4.78 is 0. The lowest BCUT2D eigenvalue weighted by Gasteiger charge is -2.17. The van der Waals surface area contributed by atoms with E-state index in [0.29, 0.717) is 11.1 Å². The Balaban J connectivity index is 1.36. The van der Waals surface area contributed by atoms with Crippen LogP contribution in [0.3, 0.4) is 0 Å². The van der Waals surface area contributed by atoms with Gasteiger partial charge in [0.1, 0.15) is 4.83 Å². The Morgan fingerprint density at radius 2 is 2.21 bits per heavy atom. The zero-order chi connectivity index (χ0) is 19.3. The van der Waals surface area contributed by atoms with E-state index in [4.69, 9.17) is 0 Å². The topological polar surface area (TPSA) is 66.1 Å². The van der Waals surface area contributed by atoms with Crippen LogP contribution in [0.2, 0.25) is 0 Å². The number of aryl methyl sites for hydroxylation is 1. The number of hydrogen-bond acceptors (Lipinski definition) is 5. The maximum absolute atomic E-state index is 12.7. The summed E-state index contributed by atoms with van der Waals surface area (Å²) in [6, 6.07) is 8.03. The third-order valence-electron chi connectivity index (χ3n) is 5.66. The van der Waals surface area contributed by atoms with Crippen LogP contribution in [0.1, 0.15) is 29.3 Å². The number of nitrogens with zero attached hydrogens (tertiary/aromatic N) is 2. The van der Waals surface area contributed by atoms with E-state index < -0.39 is 0 Å². The standard InChI is InChI=1S/C21H21N3O2S2/c1-12-6-7-14-16(10-12)28-20-18(14)19(26)22-21(23-20)27-11-17(25)24-9-8-13-4-2-3-5-15(13)24/h2-5,12H,6-11H2,1H3,(H,22,23,26)/t12-/m0/s1. The fourth-order valence-electron chi connectivity index (χ4n) is 4.20. The molecule has 0 fully saturated rings. The predicted octanol–water partition coefficient (Wildman–Crippen LogP) is 3.79. The number of carbonyl (C=O) groups excluding carboxylic acids is 1. The minimum atomic E-state index is -0.0708. The van der Waals surface area contributed by atoms with E-state index in [0.717, 1.165) is 48.1 Å². The van der Waals surface area contributed by atoms with E-state index >= 15 is 0 Å². The highest BCUT2D eigenvalue weighted by Gasteiger charge is 2.25. The van der Waals surface area contributed by atoms with Crippen LogP contribution in [-0.4, -0.2) is 28.2 Å². The number of amides is 1. The normalized spacial score (nSPS) is 18.3. The van der Waals surface area contributed by atoms with E-state index in [1.807, 2.05) is 23.1 Å². The van der Waals surface area contributed by atoms with Gasteiger partial charge in [0.15, 0.2) is 5.16 Å². The van der Waals surface area contributed by atoms with Crippen molar-refractivity contribution in [2.45, 2.75) is 37.8 Å². The minimum absolute atomic E-state index is 0.0528. The van der Waals surface area contributed by atoms with Crippen molar-refractivity contribution in [3.05, 3.63) is 50.6 Å². The Kier molecular flexibility index (Phi) is 4.51. The van der Waals surface area contributed by atoms with Gasteiger partial charge in [-0.2, -0.15) is 0 Å². The van der Waals surface area contributed by atoms with Crippen molar-refractivity contribution in [2.24, 2.45) is 5.92 Å². The number of aromatic amines is 1. The van der Waals surface area contributed by atoms with E-state index in [-0.39, 0.29) is 17.2 Å². The number of aromatic nitrogens is 2. The predicted molar refractivity (Wildman–Crippen MR) is 115 cm³/mol. The van der Waals surface area contributed by atoms with E-state index in [1.54, 1.807) is 11.3 Å². The lowest BCUT2D eigenvalue weighted by molar-refractivity contribution is -0.116. The Labute approximate surface area is 171 Å². The highest BCUT2D eigenvalue weighted by Crippen LogP contribution is 2.36. The zero-order valence-corrected chi connectivity index (χ0v) is 17.3. The fraction of sp³-hybridized carbons (Fsp3) is 0.381. The van der Waals surface area contributed by atoms with Gasteiger partial charge in [-0.15, -0.1) is 11.3 Å². The van der Waals surface area contributed by atoms with Crippen LogP contribution < -0.4 is 10.5 Å². The second kappa shape index (κ2) is 7.04. The molecule has 2 aromatic heterocycles. The van der Waals surface area contributed by atoms with Crippen molar-refractivity contribution in [3.8, 4) is 0 Å². The first kappa shape index (κ1) is 17.9. The van der Waals surface area contributed by atoms with Gasteiger partial charge in [0.05, 0.1) is 11.1 Å². The lowest BCUT2D eigenvalue weighted by Crippen LogP contribution is -2.30. The van der Waals surface area contributed by atoms with Crippen molar-refractivity contribution in [1.82, 2.24) is 9.97 Å². The molecule has 1 aliphatic heterocycles. The van der Waals surface area contributed by atoms with Gasteiger partial charge in [-0.25, -0.2) is 4.98 Å². The molecule has 3 aromatic rings. The second-order valence-corrected chi connectivity index (χ2v) is 9.66. The number of thioether (sulfide) groups is 1. The molecule has 7 heteroatoms. The number of thiophene rings is 1. The summed E-state index contributed by atoms with van der Waals surface area (Å²) in [4.78, 5) is 36.9. The second-order valence-electron chi connectivity index (χ2n) is 7.62. The average molecular weight is 412 g/mol. The van der Waals surface area contributed by atoms with Crippen molar-refractivity contribution < 1.29 is 4.79 Å². The quantitative estimate of drug-likeness (QED) is 0.526. The Morgan fingerprint density at radius 1 is 1.36 bits per heavy atom. The van der Waals surface area contributed by atoms with Gasteiger partial charge in [0.2, 0.25) is 5.91 Å². The van der Waals surface area contributed by atoms with Crippen molar-refractivity contribution in [2.75, 3.05) is 17.2 Å². The molecule has 1 aliphatic carbocycles. The molecule has 2 aliphatic rings. The average Bonchev–Trinajstić information content (AvgIpc) is 3.27. The summed E-state index contributed by atoms with van der Waals surface area (Å²) >= 11 is 2.96. The Bertz CT molecular complexity index is 1130. The summed E-state index contributed by atoms with van der Waals surface area (Å²) in [6.45, 7) is 2.98. The number of hydrogen-bond donors (Lipinski definition) is 1. The molecule has 0 bridgehead atoms. The Morgan fingerprint density at radius 3 is 3.11 bits per heavy atom. The highest BCUT2D eigenvalue weighted by molar-refractivity contribution is 7.99. The molecule has 28 heavy (non-hydrogen) atoms. The molecule has 1 N–H and O–H groups in total. The number of fused-ring (bicyclic) bond motifs is 4. The molecule has 1 aromatic carbocycles. The molecule has 1 amide bonds. The number of rotatable bonds is 3. The van der Waals surface area contributed by atoms with E-state index in [9.17, 15) is 9.59 Å². The van der Waals surface area contributed by atoms with Crippen LogP contribution in [0.25, 0.3) is 10.2 Å². The number of para-hydroxylation sites is 1. The molecule has 5 nitrogen and oxygen atoms in total. The zero-order valence-electron chi connectivity index (χ0n) is 15.7. The largest absolute Gasteiger partial charge is 0.311 e. The highest BCUT2D eigenvalue weighted by atomic mass is 32.2. The maximum Gasteiger partial charge on any atom is 0.260 e. The molecule has 0 saturated carbocycles. The van der Waals surface area contributed by atoms with Crippen LogP contribution >= 0.6 is 23.1 Å². The number of anilines is 1. The third kappa shape index (κ3) is 3.06. The molecule has 0 unspecified atom stereocenters. The first-order chi connectivity index (χ1) is 13.6. The van der Waals surface area contributed by atoms with Crippen molar-refractivity contribution >= 4 is 44.9 Å². The monoisotopic (exact) mass is 411 g/mol. The number of benzene rings is 1. The summed E-state index contributed by atoms with van der Waals surface area (Å²) in [5.74, 6) is 0.983. The maximum atomic E-state index is 12.7. The summed E-state index contributed by atoms with van der Waals surface area (Å²) in [5.41, 5.74) is 3.34. The molecule has 1 atom stereocenters. The first-order valence-corrected chi connectivity index (χ1v) is 11.5. The first-order valence-electron chi connectivity index (χ1n) is 9.66. The number of H-pyrrole nitrogens is 1. The molecule has 5 rings (SSSR count). The Hall–Kier alpha value is -2.12. The van der Waals surface area contributed by atoms with E-state index in [1.165, 1.54) is 27.8 Å². The SMILES string of the molecule is C[C@H]1CCc2c(sc3nc(SCC(=O)N4CCc5ccccc54)[nH]c(=O)c23)C1. The summed E-state index contributed by atoms with van der Waals surface area (Å²) in [6.07, 6.45) is 4.01. The van der Waals surface area contributed by atoms with Gasteiger partial charge in [0, 0.05) is 17.1 Å². The smallest absolute Gasteiger partial charge is 0.260 e. The minimum Gasteiger partial charge on any atom is -0.311 e.